The highest BCUT2D eigenvalue weighted by molar-refractivity contribution is 7.80. The van der Waals surface area contributed by atoms with Crippen LogP contribution >= 0.6 is 12.6 Å². The fourth-order valence-corrected chi connectivity index (χ4v) is 0.956. The van der Waals surface area contributed by atoms with E-state index >= 15 is 0 Å². The summed E-state index contributed by atoms with van der Waals surface area (Å²) in [7, 11) is 0. The third kappa shape index (κ3) is 7.14. The standard InChI is InChI=1S/C7H15N3O4S/c8-1-6(11)9-2-7(12)10-5(4-15)3-14-13/h5,13,15H,1-4,8H2,(H,9,11)(H,10,12). The smallest absolute Gasteiger partial charge is 0.239 e. The summed E-state index contributed by atoms with van der Waals surface area (Å²) in [6.07, 6.45) is 0. The first kappa shape index (κ1) is 14.2. The van der Waals surface area contributed by atoms with Crippen LogP contribution in [0.15, 0.2) is 0 Å². The summed E-state index contributed by atoms with van der Waals surface area (Å²) in [5, 5.41) is 13.0. The van der Waals surface area contributed by atoms with Gasteiger partial charge in [0.2, 0.25) is 11.8 Å². The Morgan fingerprint density at radius 3 is 2.60 bits per heavy atom. The van der Waals surface area contributed by atoms with Gasteiger partial charge in [-0.15, -0.1) is 0 Å². The summed E-state index contributed by atoms with van der Waals surface area (Å²) >= 11 is 3.94. The third-order valence-electron chi connectivity index (χ3n) is 1.49. The van der Waals surface area contributed by atoms with Crippen LogP contribution in [0.2, 0.25) is 0 Å². The molecular formula is C7H15N3O4S. The normalized spacial score (nSPS) is 11.9. The molecule has 0 fully saturated rings. The fourth-order valence-electron chi connectivity index (χ4n) is 0.760. The minimum absolute atomic E-state index is 0.0555. The minimum Gasteiger partial charge on any atom is -0.349 e. The van der Waals surface area contributed by atoms with Gasteiger partial charge in [0.05, 0.1) is 19.1 Å². The van der Waals surface area contributed by atoms with Gasteiger partial charge in [0.25, 0.3) is 0 Å². The zero-order chi connectivity index (χ0) is 11.7. The number of nitrogens with one attached hydrogen (secondary N) is 2. The molecule has 0 rings (SSSR count). The first-order valence-corrected chi connectivity index (χ1v) is 4.90. The Labute approximate surface area is 92.7 Å². The molecule has 0 aromatic heterocycles. The van der Waals surface area contributed by atoms with Crippen LogP contribution in [-0.2, 0) is 14.5 Å². The second-order valence-corrected chi connectivity index (χ2v) is 3.09. The number of nitrogens with two attached hydrogens (primary N) is 1. The van der Waals surface area contributed by atoms with Gasteiger partial charge in [0.1, 0.15) is 6.61 Å². The highest BCUT2D eigenvalue weighted by Gasteiger charge is 2.11. The van der Waals surface area contributed by atoms with Gasteiger partial charge in [-0.1, -0.05) is 0 Å². The Hall–Kier alpha value is -0.830. The molecule has 0 aromatic rings. The Bertz CT molecular complexity index is 214. The van der Waals surface area contributed by atoms with E-state index in [2.05, 4.69) is 28.1 Å². The molecule has 15 heavy (non-hydrogen) atoms. The van der Waals surface area contributed by atoms with Gasteiger partial charge in [0.15, 0.2) is 0 Å². The van der Waals surface area contributed by atoms with E-state index in [0.29, 0.717) is 5.75 Å². The van der Waals surface area contributed by atoms with Crippen LogP contribution in [0, 0.1) is 0 Å². The van der Waals surface area contributed by atoms with Gasteiger partial charge in [0, 0.05) is 5.75 Å². The fraction of sp³-hybridized carbons (Fsp3) is 0.714. The van der Waals surface area contributed by atoms with Crippen LogP contribution in [0.1, 0.15) is 0 Å². The highest BCUT2D eigenvalue weighted by atomic mass is 32.1. The predicted molar refractivity (Wildman–Crippen MR) is 56.4 cm³/mol. The molecule has 2 amide bonds. The quantitative estimate of drug-likeness (QED) is 0.199. The van der Waals surface area contributed by atoms with Crippen LogP contribution < -0.4 is 16.4 Å². The molecule has 0 spiro atoms. The van der Waals surface area contributed by atoms with E-state index in [9.17, 15) is 9.59 Å². The Morgan fingerprint density at radius 2 is 2.13 bits per heavy atom. The number of amides is 2. The lowest BCUT2D eigenvalue weighted by Gasteiger charge is -2.14. The van der Waals surface area contributed by atoms with Crippen LogP contribution in [0.5, 0.6) is 0 Å². The summed E-state index contributed by atoms with van der Waals surface area (Å²) in [6.45, 7) is -0.380. The Kier molecular flexibility index (Phi) is 8.01. The first-order valence-electron chi connectivity index (χ1n) is 4.27. The number of hydrogen-bond acceptors (Lipinski definition) is 6. The molecule has 0 saturated carbocycles. The van der Waals surface area contributed by atoms with Gasteiger partial charge in [-0.3, -0.25) is 14.8 Å². The van der Waals surface area contributed by atoms with E-state index in [1.807, 2.05) is 0 Å². The van der Waals surface area contributed by atoms with Crippen molar-refractivity contribution in [2.75, 3.05) is 25.4 Å². The van der Waals surface area contributed by atoms with Crippen molar-refractivity contribution in [1.29, 1.82) is 0 Å². The van der Waals surface area contributed by atoms with Crippen LogP contribution in [0.4, 0.5) is 0 Å². The lowest BCUT2D eigenvalue weighted by atomic mass is 10.3. The lowest BCUT2D eigenvalue weighted by molar-refractivity contribution is -0.245. The molecule has 0 aliphatic rings. The second kappa shape index (κ2) is 8.48. The molecule has 0 aliphatic heterocycles. The predicted octanol–water partition coefficient (Wildman–Crippen LogP) is -2.03. The molecule has 0 aliphatic carbocycles. The van der Waals surface area contributed by atoms with Gasteiger partial charge < -0.3 is 16.4 Å². The van der Waals surface area contributed by atoms with Crippen molar-refractivity contribution in [3.63, 3.8) is 0 Å². The maximum atomic E-state index is 11.2. The molecule has 5 N–H and O–H groups in total. The van der Waals surface area contributed by atoms with E-state index in [4.69, 9.17) is 11.0 Å². The summed E-state index contributed by atoms with van der Waals surface area (Å²) in [5.74, 6) is -0.490. The summed E-state index contributed by atoms with van der Waals surface area (Å²) < 4.78 is 0. The Morgan fingerprint density at radius 1 is 1.47 bits per heavy atom. The monoisotopic (exact) mass is 237 g/mol. The minimum atomic E-state index is -0.411. The van der Waals surface area contributed by atoms with Gasteiger partial charge in [-0.2, -0.15) is 12.6 Å². The third-order valence-corrected chi connectivity index (χ3v) is 1.93. The number of rotatable bonds is 7. The molecule has 7 nitrogen and oxygen atoms in total. The lowest BCUT2D eigenvalue weighted by Crippen LogP contribution is -2.45. The van der Waals surface area contributed by atoms with E-state index in [1.54, 1.807) is 0 Å². The summed E-state index contributed by atoms with van der Waals surface area (Å²) in [5.41, 5.74) is 5.02. The molecule has 1 unspecified atom stereocenters. The molecule has 88 valence electrons. The summed E-state index contributed by atoms with van der Waals surface area (Å²) in [6, 6.07) is -0.402. The van der Waals surface area contributed by atoms with Crippen molar-refractivity contribution in [1.82, 2.24) is 10.6 Å². The van der Waals surface area contributed by atoms with Crippen molar-refractivity contribution in [3.8, 4) is 0 Å². The van der Waals surface area contributed by atoms with E-state index in [-0.39, 0.29) is 19.7 Å². The molecule has 0 heterocycles. The second-order valence-electron chi connectivity index (χ2n) is 2.72. The maximum Gasteiger partial charge on any atom is 0.239 e. The summed E-state index contributed by atoms with van der Waals surface area (Å²) in [4.78, 5) is 25.7. The number of carbonyl (C=O) groups excluding carboxylic acids is 2. The van der Waals surface area contributed by atoms with Crippen molar-refractivity contribution >= 4 is 24.4 Å². The molecule has 0 aromatic carbocycles. The molecular weight excluding hydrogens is 222 g/mol. The zero-order valence-corrected chi connectivity index (χ0v) is 9.00. The number of carbonyl (C=O) groups is 2. The zero-order valence-electron chi connectivity index (χ0n) is 8.10. The molecule has 0 saturated heterocycles. The van der Waals surface area contributed by atoms with Gasteiger partial charge in [-0.05, 0) is 0 Å². The van der Waals surface area contributed by atoms with Crippen LogP contribution in [0.25, 0.3) is 0 Å². The van der Waals surface area contributed by atoms with E-state index in [0.717, 1.165) is 0 Å². The topological polar surface area (TPSA) is 114 Å². The maximum absolute atomic E-state index is 11.2. The number of hydrogen-bond donors (Lipinski definition) is 5. The van der Waals surface area contributed by atoms with Gasteiger partial charge >= 0.3 is 0 Å². The first-order chi connectivity index (χ1) is 7.13. The van der Waals surface area contributed by atoms with E-state index in [1.165, 1.54) is 0 Å². The van der Waals surface area contributed by atoms with Crippen molar-refractivity contribution in [3.05, 3.63) is 0 Å². The average molecular weight is 237 g/mol. The molecule has 0 radical (unpaired) electrons. The van der Waals surface area contributed by atoms with Crippen LogP contribution in [0.3, 0.4) is 0 Å². The Balaban J connectivity index is 3.75. The average Bonchev–Trinajstić information content (AvgIpc) is 2.25. The van der Waals surface area contributed by atoms with Gasteiger partial charge in [-0.25, -0.2) is 4.89 Å². The SMILES string of the molecule is NCC(=O)NCC(=O)NC(CS)COO. The van der Waals surface area contributed by atoms with Crippen molar-refractivity contribution in [2.45, 2.75) is 6.04 Å². The molecule has 0 bridgehead atoms. The van der Waals surface area contributed by atoms with Crippen molar-refractivity contribution < 1.29 is 19.7 Å². The van der Waals surface area contributed by atoms with E-state index < -0.39 is 17.9 Å². The van der Waals surface area contributed by atoms with Crippen LogP contribution in [-0.4, -0.2) is 48.6 Å². The molecule has 1 atom stereocenters. The van der Waals surface area contributed by atoms with Crippen molar-refractivity contribution in [2.24, 2.45) is 5.73 Å². The molecule has 8 heteroatoms. The largest absolute Gasteiger partial charge is 0.349 e. The highest BCUT2D eigenvalue weighted by Crippen LogP contribution is 1.88. The number of thiol groups is 1.